The smallest absolute Gasteiger partial charge is 0.234 e. The molecule has 1 aliphatic carbocycles. The minimum Gasteiger partial charge on any atom is -0.296 e. The van der Waals surface area contributed by atoms with Crippen molar-refractivity contribution < 1.29 is 9.59 Å². The highest BCUT2D eigenvalue weighted by Crippen LogP contribution is 2.29. The van der Waals surface area contributed by atoms with Crippen LogP contribution in [0.15, 0.2) is 23.3 Å². The number of hydrogen-bond donors (Lipinski definition) is 1. The zero-order chi connectivity index (χ0) is 12.8. The van der Waals surface area contributed by atoms with Gasteiger partial charge in [-0.05, 0) is 31.8 Å². The molecule has 0 radical (unpaired) electrons. The van der Waals surface area contributed by atoms with Crippen LogP contribution in [-0.4, -0.2) is 11.8 Å². The molecule has 17 heavy (non-hydrogen) atoms. The summed E-state index contributed by atoms with van der Waals surface area (Å²) in [6.07, 6.45) is 7.35. The maximum Gasteiger partial charge on any atom is 0.234 e. The van der Waals surface area contributed by atoms with E-state index < -0.39 is 0 Å². The van der Waals surface area contributed by atoms with E-state index >= 15 is 0 Å². The standard InChI is InChI=1S/C12H15NO2.C2H6/c1-8-4-2-3-5-9(8)10-6-7-11(14)13-12(10)15;1-2/h3,5,10H,2,4,6-7H2,1H3,(H,13,14,15);1-2H3. The topological polar surface area (TPSA) is 46.2 Å². The van der Waals surface area contributed by atoms with Crippen LogP contribution >= 0.6 is 0 Å². The molecule has 0 aromatic carbocycles. The molecule has 94 valence electrons. The van der Waals surface area contributed by atoms with Gasteiger partial charge in [0.1, 0.15) is 0 Å². The predicted molar refractivity (Wildman–Crippen MR) is 68.3 cm³/mol. The number of hydrogen-bond acceptors (Lipinski definition) is 2. The maximum absolute atomic E-state index is 11.6. The first kappa shape index (κ1) is 13.7. The van der Waals surface area contributed by atoms with Crippen molar-refractivity contribution in [2.24, 2.45) is 5.92 Å². The molecule has 2 rings (SSSR count). The van der Waals surface area contributed by atoms with Crippen molar-refractivity contribution in [3.63, 3.8) is 0 Å². The molecule has 2 aliphatic rings. The Hall–Kier alpha value is -1.38. The molecular formula is C14H21NO2. The molecule has 0 spiro atoms. The predicted octanol–water partition coefficient (Wildman–Crippen LogP) is 2.73. The molecule has 3 heteroatoms. The second-order valence-electron chi connectivity index (χ2n) is 4.18. The number of amides is 2. The lowest BCUT2D eigenvalue weighted by atomic mass is 9.84. The van der Waals surface area contributed by atoms with Crippen LogP contribution in [0.4, 0.5) is 0 Å². The quantitative estimate of drug-likeness (QED) is 0.710. The lowest BCUT2D eigenvalue weighted by molar-refractivity contribution is -0.135. The van der Waals surface area contributed by atoms with Gasteiger partial charge in [0.05, 0.1) is 5.92 Å². The second kappa shape index (κ2) is 6.38. The van der Waals surface area contributed by atoms with Crippen LogP contribution in [0.3, 0.4) is 0 Å². The van der Waals surface area contributed by atoms with Crippen LogP contribution in [0.5, 0.6) is 0 Å². The van der Waals surface area contributed by atoms with Gasteiger partial charge in [-0.2, -0.15) is 0 Å². The Labute approximate surface area is 103 Å². The molecule has 0 aromatic rings. The summed E-state index contributed by atoms with van der Waals surface area (Å²) in [7, 11) is 0. The van der Waals surface area contributed by atoms with E-state index in [0.717, 1.165) is 18.4 Å². The van der Waals surface area contributed by atoms with Gasteiger partial charge >= 0.3 is 0 Å². The van der Waals surface area contributed by atoms with E-state index in [1.54, 1.807) is 0 Å². The van der Waals surface area contributed by atoms with Crippen LogP contribution in [0.25, 0.3) is 0 Å². The van der Waals surface area contributed by atoms with Crippen molar-refractivity contribution in [1.29, 1.82) is 0 Å². The Morgan fingerprint density at radius 2 is 1.94 bits per heavy atom. The Balaban J connectivity index is 0.000000686. The Kier molecular flexibility index (Phi) is 5.13. The van der Waals surface area contributed by atoms with Crippen LogP contribution in [0.2, 0.25) is 0 Å². The van der Waals surface area contributed by atoms with Crippen LogP contribution < -0.4 is 5.32 Å². The molecule has 1 saturated heterocycles. The van der Waals surface area contributed by atoms with E-state index in [-0.39, 0.29) is 17.7 Å². The Morgan fingerprint density at radius 1 is 1.24 bits per heavy atom. The van der Waals surface area contributed by atoms with Crippen molar-refractivity contribution in [3.05, 3.63) is 23.3 Å². The third kappa shape index (κ3) is 3.29. The highest BCUT2D eigenvalue weighted by atomic mass is 16.2. The summed E-state index contributed by atoms with van der Waals surface area (Å²) in [4.78, 5) is 22.7. The molecule has 3 nitrogen and oxygen atoms in total. The zero-order valence-electron chi connectivity index (χ0n) is 10.9. The van der Waals surface area contributed by atoms with Gasteiger partial charge in [-0.15, -0.1) is 0 Å². The molecule has 1 atom stereocenters. The zero-order valence-corrected chi connectivity index (χ0v) is 10.9. The van der Waals surface area contributed by atoms with Gasteiger partial charge in [0.25, 0.3) is 0 Å². The molecule has 1 aliphatic heterocycles. The summed E-state index contributed by atoms with van der Waals surface area (Å²) in [5.74, 6) is -0.388. The molecule has 0 bridgehead atoms. The summed E-state index contributed by atoms with van der Waals surface area (Å²) in [5, 5.41) is 2.40. The Bertz CT molecular complexity index is 366. The van der Waals surface area contributed by atoms with Crippen molar-refractivity contribution >= 4 is 11.8 Å². The molecule has 1 fully saturated rings. The largest absolute Gasteiger partial charge is 0.296 e. The van der Waals surface area contributed by atoms with Gasteiger partial charge in [0.15, 0.2) is 0 Å². The average molecular weight is 235 g/mol. The van der Waals surface area contributed by atoms with E-state index in [1.807, 2.05) is 19.9 Å². The fourth-order valence-electron chi connectivity index (χ4n) is 2.20. The van der Waals surface area contributed by atoms with Crippen molar-refractivity contribution in [1.82, 2.24) is 5.32 Å². The van der Waals surface area contributed by atoms with Gasteiger partial charge in [-0.25, -0.2) is 0 Å². The number of nitrogens with one attached hydrogen (secondary N) is 1. The van der Waals surface area contributed by atoms with Gasteiger partial charge in [-0.1, -0.05) is 31.6 Å². The second-order valence-corrected chi connectivity index (χ2v) is 4.18. The van der Waals surface area contributed by atoms with E-state index in [0.29, 0.717) is 12.8 Å². The lowest BCUT2D eigenvalue weighted by Gasteiger charge is -2.25. The highest BCUT2D eigenvalue weighted by Gasteiger charge is 2.29. The number of carbonyl (C=O) groups excluding carboxylic acids is 2. The minimum absolute atomic E-state index is 0.112. The van der Waals surface area contributed by atoms with Crippen LogP contribution in [0, 0.1) is 5.92 Å². The van der Waals surface area contributed by atoms with Gasteiger partial charge in [0.2, 0.25) is 11.8 Å². The summed E-state index contributed by atoms with van der Waals surface area (Å²) >= 11 is 0. The molecule has 2 amide bonds. The van der Waals surface area contributed by atoms with E-state index in [2.05, 4.69) is 18.3 Å². The maximum atomic E-state index is 11.6. The number of rotatable bonds is 1. The van der Waals surface area contributed by atoms with Crippen molar-refractivity contribution in [2.75, 3.05) is 0 Å². The monoisotopic (exact) mass is 235 g/mol. The fraction of sp³-hybridized carbons (Fsp3) is 0.571. The molecule has 1 unspecified atom stereocenters. The Morgan fingerprint density at radius 3 is 2.53 bits per heavy atom. The summed E-state index contributed by atoms with van der Waals surface area (Å²) in [5.41, 5.74) is 2.40. The first-order valence-corrected chi connectivity index (χ1v) is 6.38. The number of carbonyl (C=O) groups is 2. The molecule has 1 N–H and O–H groups in total. The van der Waals surface area contributed by atoms with Crippen LogP contribution in [0.1, 0.15) is 46.5 Å². The molecule has 0 saturated carbocycles. The average Bonchev–Trinajstić information content (AvgIpc) is 2.33. The summed E-state index contributed by atoms with van der Waals surface area (Å²) in [6, 6.07) is 0. The first-order valence-electron chi connectivity index (χ1n) is 6.38. The SMILES string of the molecule is CC.CC1=C(C2CCC(=O)NC2=O)C=CCC1. The first-order chi connectivity index (χ1) is 8.18. The van der Waals surface area contributed by atoms with E-state index in [4.69, 9.17) is 0 Å². The number of imide groups is 1. The third-order valence-electron chi connectivity index (χ3n) is 3.09. The third-order valence-corrected chi connectivity index (χ3v) is 3.09. The van der Waals surface area contributed by atoms with Gasteiger partial charge < -0.3 is 0 Å². The number of piperidine rings is 1. The minimum atomic E-state index is -0.144. The highest BCUT2D eigenvalue weighted by molar-refractivity contribution is 6.00. The van der Waals surface area contributed by atoms with Crippen molar-refractivity contribution in [2.45, 2.75) is 46.5 Å². The van der Waals surface area contributed by atoms with E-state index in [1.165, 1.54) is 5.57 Å². The lowest BCUT2D eigenvalue weighted by Crippen LogP contribution is -2.41. The fourth-order valence-corrected chi connectivity index (χ4v) is 2.20. The van der Waals surface area contributed by atoms with Crippen LogP contribution in [-0.2, 0) is 9.59 Å². The summed E-state index contributed by atoms with van der Waals surface area (Å²) < 4.78 is 0. The van der Waals surface area contributed by atoms with Gasteiger partial charge in [0, 0.05) is 6.42 Å². The summed E-state index contributed by atoms with van der Waals surface area (Å²) in [6.45, 7) is 6.07. The molecular weight excluding hydrogens is 214 g/mol. The van der Waals surface area contributed by atoms with Gasteiger partial charge in [-0.3, -0.25) is 14.9 Å². The normalized spacial score (nSPS) is 24.1. The number of allylic oxidation sites excluding steroid dienone is 3. The van der Waals surface area contributed by atoms with E-state index in [9.17, 15) is 9.59 Å². The molecule has 0 aromatic heterocycles. The molecule has 1 heterocycles. The van der Waals surface area contributed by atoms with Crippen molar-refractivity contribution in [3.8, 4) is 0 Å².